The quantitative estimate of drug-likeness (QED) is 0.719. The number of imide groups is 1. The van der Waals surface area contributed by atoms with Gasteiger partial charge in [-0.15, -0.1) is 0 Å². The number of rotatable bonds is 4. The standard InChI is InChI=1S/C24H32N4O3/c29-22-6-5-21(23(30)26-22)28-15-19-4-3-16(12-20(19)24(28)31)13-27-11-1-2-18(14-27)17-7-9-25-10-8-17/h3-4,12,17-18,21,25H,1-2,5-11,13-15H2,(H,26,29,30). The van der Waals surface area contributed by atoms with Gasteiger partial charge in [-0.05, 0) is 80.8 Å². The van der Waals surface area contributed by atoms with E-state index in [0.717, 1.165) is 50.1 Å². The van der Waals surface area contributed by atoms with E-state index in [0.29, 0.717) is 18.5 Å². The van der Waals surface area contributed by atoms with E-state index in [1.54, 1.807) is 4.90 Å². The molecule has 7 nitrogen and oxygen atoms in total. The van der Waals surface area contributed by atoms with Crippen LogP contribution in [-0.4, -0.2) is 59.7 Å². The van der Waals surface area contributed by atoms with Gasteiger partial charge in [0.05, 0.1) is 0 Å². The van der Waals surface area contributed by atoms with Crippen molar-refractivity contribution in [3.8, 4) is 0 Å². The van der Waals surface area contributed by atoms with Crippen molar-refractivity contribution >= 4 is 17.7 Å². The fourth-order valence-electron chi connectivity index (χ4n) is 5.89. The first kappa shape index (κ1) is 20.6. The van der Waals surface area contributed by atoms with Crippen LogP contribution in [0.2, 0.25) is 0 Å². The second-order valence-electron chi connectivity index (χ2n) is 9.62. The highest BCUT2D eigenvalue weighted by Gasteiger charge is 2.39. The van der Waals surface area contributed by atoms with Gasteiger partial charge in [-0.25, -0.2) is 0 Å². The van der Waals surface area contributed by atoms with Crippen molar-refractivity contribution < 1.29 is 14.4 Å². The number of fused-ring (bicyclic) bond motifs is 1. The van der Waals surface area contributed by atoms with E-state index in [-0.39, 0.29) is 24.1 Å². The number of amides is 3. The minimum Gasteiger partial charge on any atom is -0.322 e. The van der Waals surface area contributed by atoms with Gasteiger partial charge in [-0.2, -0.15) is 0 Å². The maximum atomic E-state index is 13.1. The fraction of sp³-hybridized carbons (Fsp3) is 0.625. The molecule has 0 radical (unpaired) electrons. The maximum absolute atomic E-state index is 13.1. The molecule has 0 aromatic heterocycles. The molecule has 2 unspecified atom stereocenters. The summed E-state index contributed by atoms with van der Waals surface area (Å²) in [5.41, 5.74) is 2.86. The molecule has 0 aliphatic carbocycles. The monoisotopic (exact) mass is 424 g/mol. The molecule has 1 aromatic carbocycles. The minimum absolute atomic E-state index is 0.0856. The van der Waals surface area contributed by atoms with E-state index in [1.165, 1.54) is 31.2 Å². The Bertz CT molecular complexity index is 880. The SMILES string of the molecule is O=C1CCC(N2Cc3ccc(CN4CCCC(C5CCNCC5)C4)cc3C2=O)C(=O)N1. The summed E-state index contributed by atoms with van der Waals surface area (Å²) in [7, 11) is 0. The average molecular weight is 425 g/mol. The normalized spacial score (nSPS) is 28.0. The van der Waals surface area contributed by atoms with Crippen LogP contribution < -0.4 is 10.6 Å². The first-order valence-corrected chi connectivity index (χ1v) is 11.8. The Labute approximate surface area is 183 Å². The van der Waals surface area contributed by atoms with Crippen molar-refractivity contribution in [2.75, 3.05) is 26.2 Å². The Kier molecular flexibility index (Phi) is 5.80. The zero-order valence-corrected chi connectivity index (χ0v) is 18.1. The number of hydrogen-bond donors (Lipinski definition) is 2. The van der Waals surface area contributed by atoms with E-state index in [4.69, 9.17) is 0 Å². The molecule has 3 fully saturated rings. The van der Waals surface area contributed by atoms with E-state index in [2.05, 4.69) is 21.6 Å². The Morgan fingerprint density at radius 1 is 1.00 bits per heavy atom. The molecule has 3 amide bonds. The number of hydrogen-bond acceptors (Lipinski definition) is 5. The van der Waals surface area contributed by atoms with E-state index >= 15 is 0 Å². The molecule has 0 saturated carbocycles. The summed E-state index contributed by atoms with van der Waals surface area (Å²) in [4.78, 5) is 40.9. The first-order chi connectivity index (χ1) is 15.1. The van der Waals surface area contributed by atoms with Gasteiger partial charge in [0.2, 0.25) is 11.8 Å². The van der Waals surface area contributed by atoms with Crippen molar-refractivity contribution in [1.29, 1.82) is 0 Å². The van der Waals surface area contributed by atoms with E-state index in [1.807, 2.05) is 12.1 Å². The lowest BCUT2D eigenvalue weighted by Crippen LogP contribution is -2.52. The zero-order chi connectivity index (χ0) is 21.4. The van der Waals surface area contributed by atoms with Crippen molar-refractivity contribution in [2.24, 2.45) is 11.8 Å². The van der Waals surface area contributed by atoms with Crippen LogP contribution in [0.1, 0.15) is 60.0 Å². The average Bonchev–Trinajstić information content (AvgIpc) is 3.10. The molecule has 2 atom stereocenters. The molecule has 31 heavy (non-hydrogen) atoms. The van der Waals surface area contributed by atoms with Crippen LogP contribution in [-0.2, 0) is 22.7 Å². The van der Waals surface area contributed by atoms with Gasteiger partial charge < -0.3 is 10.2 Å². The Morgan fingerprint density at radius 3 is 2.65 bits per heavy atom. The highest BCUT2D eigenvalue weighted by molar-refractivity contribution is 6.05. The molecule has 2 N–H and O–H groups in total. The van der Waals surface area contributed by atoms with Crippen LogP contribution in [0.4, 0.5) is 0 Å². The van der Waals surface area contributed by atoms with Crippen LogP contribution in [0.5, 0.6) is 0 Å². The molecule has 166 valence electrons. The Morgan fingerprint density at radius 2 is 1.84 bits per heavy atom. The Balaban J connectivity index is 1.24. The van der Waals surface area contributed by atoms with Crippen molar-refractivity contribution in [3.05, 3.63) is 34.9 Å². The molecule has 4 aliphatic rings. The van der Waals surface area contributed by atoms with Gasteiger partial charge in [0, 0.05) is 31.6 Å². The maximum Gasteiger partial charge on any atom is 0.255 e. The molecule has 0 spiro atoms. The lowest BCUT2D eigenvalue weighted by molar-refractivity contribution is -0.136. The number of carbonyl (C=O) groups is 3. The summed E-state index contributed by atoms with van der Waals surface area (Å²) < 4.78 is 0. The smallest absolute Gasteiger partial charge is 0.255 e. The molecular weight excluding hydrogens is 392 g/mol. The molecule has 4 aliphatic heterocycles. The minimum atomic E-state index is -0.547. The summed E-state index contributed by atoms with van der Waals surface area (Å²) in [6.07, 6.45) is 5.87. The number of nitrogens with zero attached hydrogens (tertiary/aromatic N) is 2. The van der Waals surface area contributed by atoms with Crippen LogP contribution in [0.15, 0.2) is 18.2 Å². The zero-order valence-electron chi connectivity index (χ0n) is 18.1. The highest BCUT2D eigenvalue weighted by Crippen LogP contribution is 2.32. The lowest BCUT2D eigenvalue weighted by Gasteiger charge is -2.38. The van der Waals surface area contributed by atoms with Gasteiger partial charge in [0.1, 0.15) is 6.04 Å². The van der Waals surface area contributed by atoms with Gasteiger partial charge >= 0.3 is 0 Å². The first-order valence-electron chi connectivity index (χ1n) is 11.8. The summed E-state index contributed by atoms with van der Waals surface area (Å²) in [5, 5.41) is 5.84. The highest BCUT2D eigenvalue weighted by atomic mass is 16.2. The second kappa shape index (κ2) is 8.71. The molecule has 1 aromatic rings. The predicted octanol–water partition coefficient (Wildman–Crippen LogP) is 1.66. The number of likely N-dealkylation sites (tertiary alicyclic amines) is 1. The van der Waals surface area contributed by atoms with Crippen molar-refractivity contribution in [2.45, 2.75) is 57.7 Å². The number of carbonyl (C=O) groups excluding carboxylic acids is 3. The number of nitrogens with one attached hydrogen (secondary N) is 2. The van der Waals surface area contributed by atoms with Gasteiger partial charge in [0.15, 0.2) is 0 Å². The third-order valence-electron chi connectivity index (χ3n) is 7.59. The van der Waals surface area contributed by atoms with Gasteiger partial charge in [-0.3, -0.25) is 24.6 Å². The summed E-state index contributed by atoms with van der Waals surface area (Å²) in [5.74, 6) is 0.937. The van der Waals surface area contributed by atoms with Crippen LogP contribution in [0.3, 0.4) is 0 Å². The summed E-state index contributed by atoms with van der Waals surface area (Å²) >= 11 is 0. The molecule has 5 rings (SSSR count). The largest absolute Gasteiger partial charge is 0.322 e. The number of piperidine rings is 3. The van der Waals surface area contributed by atoms with E-state index in [9.17, 15) is 14.4 Å². The molecule has 7 heteroatoms. The van der Waals surface area contributed by atoms with Crippen molar-refractivity contribution in [1.82, 2.24) is 20.4 Å². The molecular formula is C24H32N4O3. The van der Waals surface area contributed by atoms with Crippen molar-refractivity contribution in [3.63, 3.8) is 0 Å². The predicted molar refractivity (Wildman–Crippen MR) is 116 cm³/mol. The lowest BCUT2D eigenvalue weighted by atomic mass is 9.80. The fourth-order valence-corrected chi connectivity index (χ4v) is 5.89. The van der Waals surface area contributed by atoms with E-state index < -0.39 is 6.04 Å². The summed E-state index contributed by atoms with van der Waals surface area (Å²) in [6.45, 7) is 5.89. The topological polar surface area (TPSA) is 81.8 Å². The second-order valence-corrected chi connectivity index (χ2v) is 9.62. The Hall–Kier alpha value is -2.25. The van der Waals surface area contributed by atoms with Crippen LogP contribution in [0, 0.1) is 11.8 Å². The molecule has 0 bridgehead atoms. The molecule has 4 heterocycles. The molecule has 3 saturated heterocycles. The van der Waals surface area contributed by atoms with Gasteiger partial charge in [0.25, 0.3) is 5.91 Å². The third kappa shape index (κ3) is 4.26. The van der Waals surface area contributed by atoms with Gasteiger partial charge in [-0.1, -0.05) is 12.1 Å². The van der Waals surface area contributed by atoms with Crippen LogP contribution >= 0.6 is 0 Å². The third-order valence-corrected chi connectivity index (χ3v) is 7.59. The summed E-state index contributed by atoms with van der Waals surface area (Å²) in [6, 6.07) is 5.66. The van der Waals surface area contributed by atoms with Crippen LogP contribution in [0.25, 0.3) is 0 Å². The number of benzene rings is 1.